The van der Waals surface area contributed by atoms with E-state index in [0.29, 0.717) is 11.4 Å². The molecule has 104 valence electrons. The Balaban J connectivity index is 2.31. The zero-order valence-electron chi connectivity index (χ0n) is 11.5. The van der Waals surface area contributed by atoms with E-state index in [1.54, 1.807) is 30.6 Å². The van der Waals surface area contributed by atoms with Gasteiger partial charge in [-0.2, -0.15) is 5.10 Å². The molecule has 0 aliphatic heterocycles. The quantitative estimate of drug-likeness (QED) is 0.534. The Kier molecular flexibility index (Phi) is 4.21. The van der Waals surface area contributed by atoms with E-state index in [-0.39, 0.29) is 0 Å². The molecular weight excluding hydrogens is 255 g/mol. The highest BCUT2D eigenvalue weighted by Crippen LogP contribution is 2.08. The van der Waals surface area contributed by atoms with Gasteiger partial charge in [0.15, 0.2) is 0 Å². The van der Waals surface area contributed by atoms with E-state index in [9.17, 15) is 10.0 Å². The van der Waals surface area contributed by atoms with Crippen molar-refractivity contribution in [3.63, 3.8) is 0 Å². The molecule has 0 saturated carbocycles. The molecule has 1 aromatic carbocycles. The van der Waals surface area contributed by atoms with Crippen molar-refractivity contribution in [1.82, 2.24) is 9.66 Å². The van der Waals surface area contributed by atoms with Crippen LogP contribution in [0.4, 0.5) is 5.95 Å². The molecule has 0 unspecified atom stereocenters. The van der Waals surface area contributed by atoms with Crippen molar-refractivity contribution < 1.29 is 10.0 Å². The van der Waals surface area contributed by atoms with Gasteiger partial charge in [0.1, 0.15) is 0 Å². The third kappa shape index (κ3) is 3.07. The molecule has 6 nitrogen and oxygen atoms in total. The summed E-state index contributed by atoms with van der Waals surface area (Å²) in [4.78, 5) is 4.06. The largest absolute Gasteiger partial charge is 0.488 e. The maximum Gasteiger partial charge on any atom is 0.488 e. The molecule has 0 bridgehead atoms. The summed E-state index contributed by atoms with van der Waals surface area (Å²) in [6, 6.07) is 5.22. The maximum atomic E-state index is 9.17. The number of nitrogen functional groups attached to an aromatic ring is 1. The molecule has 0 spiro atoms. The van der Waals surface area contributed by atoms with Crippen molar-refractivity contribution >= 4 is 24.7 Å². The van der Waals surface area contributed by atoms with Gasteiger partial charge < -0.3 is 15.8 Å². The van der Waals surface area contributed by atoms with Gasteiger partial charge in [0, 0.05) is 0 Å². The molecule has 0 aliphatic carbocycles. The molecular formula is C13H17BN4O2. The highest BCUT2D eigenvalue weighted by Gasteiger charge is 2.12. The summed E-state index contributed by atoms with van der Waals surface area (Å²) in [6.07, 6.45) is 4.19. The average Bonchev–Trinajstić information content (AvgIpc) is 2.74. The first-order chi connectivity index (χ1) is 9.51. The first-order valence-corrected chi connectivity index (χ1v) is 6.36. The third-order valence-electron chi connectivity index (χ3n) is 3.00. The van der Waals surface area contributed by atoms with Crippen molar-refractivity contribution in [1.29, 1.82) is 0 Å². The summed E-state index contributed by atoms with van der Waals surface area (Å²) in [5.41, 5.74) is 8.87. The Morgan fingerprint density at radius 2 is 2.20 bits per heavy atom. The minimum Gasteiger partial charge on any atom is -0.423 e. The van der Waals surface area contributed by atoms with Crippen LogP contribution in [-0.2, 0) is 6.42 Å². The molecule has 4 N–H and O–H groups in total. The topological polar surface area (TPSA) is 96.7 Å². The van der Waals surface area contributed by atoms with Gasteiger partial charge in [-0.25, -0.2) is 9.66 Å². The van der Waals surface area contributed by atoms with Crippen molar-refractivity contribution in [3.8, 4) is 0 Å². The van der Waals surface area contributed by atoms with E-state index in [1.165, 1.54) is 4.68 Å². The number of imidazole rings is 1. The Morgan fingerprint density at radius 3 is 2.75 bits per heavy atom. The number of rotatable bonds is 4. The van der Waals surface area contributed by atoms with Gasteiger partial charge in [-0.15, -0.1) is 0 Å². The lowest BCUT2D eigenvalue weighted by atomic mass is 9.78. The highest BCUT2D eigenvalue weighted by molar-refractivity contribution is 6.58. The summed E-state index contributed by atoms with van der Waals surface area (Å²) >= 11 is 0. The zero-order chi connectivity index (χ0) is 14.7. The number of nitrogens with two attached hydrogens (primary N) is 1. The maximum absolute atomic E-state index is 9.17. The van der Waals surface area contributed by atoms with Crippen LogP contribution in [0, 0.1) is 6.92 Å². The van der Waals surface area contributed by atoms with Gasteiger partial charge in [0.2, 0.25) is 5.95 Å². The first-order valence-electron chi connectivity index (χ1n) is 6.36. The SMILES string of the molecule is CCc1cc(B(O)O)ccc1C=Nn1cc(C)nc1N. The second-order valence-electron chi connectivity index (χ2n) is 4.52. The van der Waals surface area contributed by atoms with Crippen LogP contribution in [0.3, 0.4) is 0 Å². The average molecular weight is 272 g/mol. The Bertz CT molecular complexity index is 637. The molecule has 0 saturated heterocycles. The number of aromatic nitrogens is 2. The Morgan fingerprint density at radius 1 is 1.45 bits per heavy atom. The number of benzene rings is 1. The van der Waals surface area contributed by atoms with Gasteiger partial charge in [-0.3, -0.25) is 0 Å². The Hall–Kier alpha value is -2.12. The van der Waals surface area contributed by atoms with Crippen LogP contribution in [0.2, 0.25) is 0 Å². The summed E-state index contributed by atoms with van der Waals surface area (Å²) in [5.74, 6) is 0.333. The highest BCUT2D eigenvalue weighted by atomic mass is 16.4. The van der Waals surface area contributed by atoms with Crippen LogP contribution >= 0.6 is 0 Å². The Labute approximate surface area is 117 Å². The van der Waals surface area contributed by atoms with Crippen molar-refractivity contribution in [3.05, 3.63) is 41.2 Å². The molecule has 1 aromatic heterocycles. The number of hydrogen-bond acceptors (Lipinski definition) is 5. The molecule has 1 heterocycles. The van der Waals surface area contributed by atoms with Crippen LogP contribution < -0.4 is 11.2 Å². The number of nitrogens with zero attached hydrogens (tertiary/aromatic N) is 3. The van der Waals surface area contributed by atoms with Crippen LogP contribution in [0.1, 0.15) is 23.7 Å². The molecule has 20 heavy (non-hydrogen) atoms. The fourth-order valence-corrected chi connectivity index (χ4v) is 1.94. The minimum atomic E-state index is -1.46. The van der Waals surface area contributed by atoms with E-state index in [4.69, 9.17) is 5.73 Å². The fraction of sp³-hybridized carbons (Fsp3) is 0.231. The van der Waals surface area contributed by atoms with Gasteiger partial charge >= 0.3 is 7.12 Å². The minimum absolute atomic E-state index is 0.333. The molecule has 2 aromatic rings. The summed E-state index contributed by atoms with van der Waals surface area (Å²) in [7, 11) is -1.46. The van der Waals surface area contributed by atoms with E-state index in [2.05, 4.69) is 10.1 Å². The van der Waals surface area contributed by atoms with Crippen LogP contribution in [0.5, 0.6) is 0 Å². The second kappa shape index (κ2) is 5.89. The van der Waals surface area contributed by atoms with E-state index < -0.39 is 7.12 Å². The van der Waals surface area contributed by atoms with E-state index in [1.807, 2.05) is 13.8 Å². The number of hydrogen-bond donors (Lipinski definition) is 3. The van der Waals surface area contributed by atoms with Gasteiger partial charge in [0.05, 0.1) is 18.1 Å². The van der Waals surface area contributed by atoms with Crippen molar-refractivity contribution in [2.24, 2.45) is 5.10 Å². The smallest absolute Gasteiger partial charge is 0.423 e. The normalized spacial score (nSPS) is 11.2. The summed E-state index contributed by atoms with van der Waals surface area (Å²) in [5, 5.41) is 22.6. The standard InChI is InChI=1S/C13H17BN4O2/c1-3-10-6-12(14(19)20)5-4-11(10)7-16-18-8-9(2)17-13(18)15/h4-8,19-20H,3H2,1-2H3,(H2,15,17). The predicted molar refractivity (Wildman–Crippen MR) is 80.0 cm³/mol. The van der Waals surface area contributed by atoms with E-state index in [0.717, 1.165) is 23.2 Å². The third-order valence-corrected chi connectivity index (χ3v) is 3.00. The predicted octanol–water partition coefficient (Wildman–Crippen LogP) is -0.102. The molecule has 2 rings (SSSR count). The lowest BCUT2D eigenvalue weighted by Crippen LogP contribution is -2.30. The summed E-state index contributed by atoms with van der Waals surface area (Å²) in [6.45, 7) is 3.84. The lowest BCUT2D eigenvalue weighted by molar-refractivity contribution is 0.425. The van der Waals surface area contributed by atoms with Crippen LogP contribution in [-0.4, -0.2) is 33.0 Å². The molecule has 0 fully saturated rings. The number of aryl methyl sites for hydroxylation is 2. The first kappa shape index (κ1) is 14.3. The van der Waals surface area contributed by atoms with Crippen molar-refractivity contribution in [2.45, 2.75) is 20.3 Å². The number of anilines is 1. The van der Waals surface area contributed by atoms with Crippen molar-refractivity contribution in [2.75, 3.05) is 5.73 Å². The van der Waals surface area contributed by atoms with Gasteiger partial charge in [0.25, 0.3) is 0 Å². The molecule has 0 atom stereocenters. The van der Waals surface area contributed by atoms with Crippen LogP contribution in [0.25, 0.3) is 0 Å². The zero-order valence-corrected chi connectivity index (χ0v) is 11.5. The van der Waals surface area contributed by atoms with Gasteiger partial charge in [-0.1, -0.05) is 25.1 Å². The molecule has 7 heteroatoms. The fourth-order valence-electron chi connectivity index (χ4n) is 1.94. The molecule has 0 aliphatic rings. The second-order valence-corrected chi connectivity index (χ2v) is 4.52. The monoisotopic (exact) mass is 272 g/mol. The lowest BCUT2D eigenvalue weighted by Gasteiger charge is -2.06. The summed E-state index contributed by atoms with van der Waals surface area (Å²) < 4.78 is 1.50. The van der Waals surface area contributed by atoms with E-state index >= 15 is 0 Å². The van der Waals surface area contributed by atoms with Gasteiger partial charge in [-0.05, 0) is 29.9 Å². The molecule has 0 amide bonds. The molecule has 0 radical (unpaired) electrons. The van der Waals surface area contributed by atoms with Crippen LogP contribution in [0.15, 0.2) is 29.5 Å².